The summed E-state index contributed by atoms with van der Waals surface area (Å²) in [5.74, 6) is -0.530. The Hall–Kier alpha value is -4.93. The lowest BCUT2D eigenvalue weighted by molar-refractivity contribution is 0.0641. The van der Waals surface area contributed by atoms with Crippen LogP contribution in [0.5, 0.6) is 5.75 Å². The Morgan fingerprint density at radius 2 is 1.50 bits per heavy atom. The van der Waals surface area contributed by atoms with Crippen molar-refractivity contribution in [2.24, 2.45) is 0 Å². The number of aromatic nitrogens is 1. The van der Waals surface area contributed by atoms with E-state index in [9.17, 15) is 18.5 Å². The van der Waals surface area contributed by atoms with Crippen LogP contribution < -0.4 is 4.74 Å². The maximum Gasteiger partial charge on any atom is 0.331 e. The fraction of sp³-hybridized carbons (Fsp3) is 0.275. The van der Waals surface area contributed by atoms with E-state index in [2.05, 4.69) is 4.90 Å². The average molecular weight is 723 g/mol. The fourth-order valence-corrected chi connectivity index (χ4v) is 8.03. The predicted octanol–water partition coefficient (Wildman–Crippen LogP) is 6.94. The number of hydrogen-bond donors (Lipinski definition) is 0. The maximum atomic E-state index is 14.7. The molecule has 0 atom stereocenters. The summed E-state index contributed by atoms with van der Waals surface area (Å²) in [7, 11) is -0.400. The van der Waals surface area contributed by atoms with Gasteiger partial charge in [0.15, 0.2) is 5.75 Å². The van der Waals surface area contributed by atoms with E-state index in [1.807, 2.05) is 66.7 Å². The highest BCUT2D eigenvalue weighted by molar-refractivity contribution is 7.53. The Bertz CT molecular complexity index is 2060. The Morgan fingerprint density at radius 3 is 2.12 bits per heavy atom. The summed E-state index contributed by atoms with van der Waals surface area (Å²) in [6.45, 7) is 2.92. The Balaban J connectivity index is 1.29. The van der Waals surface area contributed by atoms with Gasteiger partial charge in [0, 0.05) is 77.2 Å². The van der Waals surface area contributed by atoms with Gasteiger partial charge in [-0.1, -0.05) is 78.9 Å². The van der Waals surface area contributed by atoms with Crippen molar-refractivity contribution in [3.63, 3.8) is 0 Å². The van der Waals surface area contributed by atoms with Crippen LogP contribution in [0.15, 0.2) is 103 Å². The maximum absolute atomic E-state index is 14.7. The predicted molar refractivity (Wildman–Crippen MR) is 196 cm³/mol. The molecule has 0 aliphatic carbocycles. The molecule has 1 aromatic heterocycles. The summed E-state index contributed by atoms with van der Waals surface area (Å²) in [6.07, 6.45) is 1.32. The summed E-state index contributed by atoms with van der Waals surface area (Å²) in [4.78, 5) is 39.6. The molecule has 52 heavy (non-hydrogen) atoms. The van der Waals surface area contributed by atoms with Gasteiger partial charge in [-0.25, -0.2) is 4.39 Å². The number of benzene rings is 4. The van der Waals surface area contributed by atoms with Gasteiger partial charge >= 0.3 is 7.60 Å². The van der Waals surface area contributed by atoms with E-state index in [-0.39, 0.29) is 36.9 Å². The first-order chi connectivity index (χ1) is 25.3. The second-order valence-electron chi connectivity index (χ2n) is 12.9. The van der Waals surface area contributed by atoms with Crippen LogP contribution in [0.2, 0.25) is 0 Å². The summed E-state index contributed by atoms with van der Waals surface area (Å²) >= 11 is 0. The lowest BCUT2D eigenvalue weighted by Crippen LogP contribution is -2.49. The van der Waals surface area contributed by atoms with Crippen LogP contribution in [-0.4, -0.2) is 84.6 Å². The van der Waals surface area contributed by atoms with Gasteiger partial charge in [-0.2, -0.15) is 0 Å². The first-order valence-corrected chi connectivity index (χ1v) is 19.0. The molecule has 0 bridgehead atoms. The third-order valence-electron chi connectivity index (χ3n) is 9.82. The molecule has 0 saturated carbocycles. The second kappa shape index (κ2) is 15.4. The largest absolute Gasteiger partial charge is 0.478 e. The first-order valence-electron chi connectivity index (χ1n) is 17.2. The minimum absolute atomic E-state index is 0.165. The molecule has 2 amide bonds. The normalized spacial score (nSPS) is 15.0. The molecule has 268 valence electrons. The van der Waals surface area contributed by atoms with Crippen LogP contribution in [0, 0.1) is 5.82 Å². The van der Waals surface area contributed by atoms with Crippen LogP contribution in [0.1, 0.15) is 49.1 Å². The molecule has 1 saturated heterocycles. The minimum atomic E-state index is -3.16. The van der Waals surface area contributed by atoms with E-state index in [1.165, 1.54) is 26.4 Å². The van der Waals surface area contributed by atoms with Gasteiger partial charge in [-0.15, -0.1) is 0 Å². The number of hydrogen-bond acceptors (Lipinski definition) is 8. The van der Waals surface area contributed by atoms with Crippen molar-refractivity contribution in [1.82, 2.24) is 19.7 Å². The zero-order chi connectivity index (χ0) is 36.2. The van der Waals surface area contributed by atoms with Crippen LogP contribution in [0.25, 0.3) is 10.9 Å². The standard InChI is InChI=1S/C40H40FN4O6P/c1-49-52(48,50-2)25-24-43-20-22-44(23-21-43)39(46)34-32-14-9-19-42-36(32)38(51-37(29-10-5-3-6-11-29)30-12-7-4-8-13-30)35-33(34)27-45(40(35)47)26-28-15-17-31(41)18-16-28/h3-19,37H,20-27H2,1-2H3. The minimum Gasteiger partial charge on any atom is -0.478 e. The van der Waals surface area contributed by atoms with Crippen LogP contribution in [0.3, 0.4) is 0 Å². The quantitative estimate of drug-likeness (QED) is 0.128. The van der Waals surface area contributed by atoms with Crippen LogP contribution in [-0.2, 0) is 26.7 Å². The molecule has 2 aliphatic rings. The van der Waals surface area contributed by atoms with Gasteiger partial charge < -0.3 is 23.6 Å². The van der Waals surface area contributed by atoms with Gasteiger partial charge in [0.25, 0.3) is 11.8 Å². The molecular formula is C40H40FN4O6P. The van der Waals surface area contributed by atoms with Crippen molar-refractivity contribution in [3.8, 4) is 5.75 Å². The van der Waals surface area contributed by atoms with E-state index in [0.717, 1.165) is 16.7 Å². The number of fused-ring (bicyclic) bond motifs is 2. The number of halogens is 1. The van der Waals surface area contributed by atoms with Crippen molar-refractivity contribution in [2.45, 2.75) is 19.2 Å². The van der Waals surface area contributed by atoms with Crippen LogP contribution in [0.4, 0.5) is 4.39 Å². The number of pyridine rings is 1. The molecule has 0 radical (unpaired) electrons. The zero-order valence-electron chi connectivity index (χ0n) is 29.1. The highest BCUT2D eigenvalue weighted by Crippen LogP contribution is 2.46. The second-order valence-corrected chi connectivity index (χ2v) is 15.3. The molecule has 0 unspecified atom stereocenters. The Morgan fingerprint density at radius 1 is 0.865 bits per heavy atom. The van der Waals surface area contributed by atoms with Crippen molar-refractivity contribution in [1.29, 1.82) is 0 Å². The number of carbonyl (C=O) groups excluding carboxylic acids is 2. The first kappa shape index (κ1) is 35.5. The third kappa shape index (κ3) is 7.22. The van der Waals surface area contributed by atoms with E-state index in [0.29, 0.717) is 66.1 Å². The number of nitrogens with zero attached hydrogens (tertiary/aromatic N) is 4. The highest BCUT2D eigenvalue weighted by Gasteiger charge is 2.39. The van der Waals surface area contributed by atoms with Crippen molar-refractivity contribution < 1.29 is 32.3 Å². The van der Waals surface area contributed by atoms with E-state index in [4.69, 9.17) is 18.8 Å². The molecule has 12 heteroatoms. The molecule has 10 nitrogen and oxygen atoms in total. The van der Waals surface area contributed by atoms with Gasteiger partial charge in [0.05, 0.1) is 17.3 Å². The smallest absolute Gasteiger partial charge is 0.331 e. The molecular weight excluding hydrogens is 682 g/mol. The molecule has 7 rings (SSSR count). The third-order valence-corrected chi connectivity index (χ3v) is 11.7. The van der Waals surface area contributed by atoms with Gasteiger partial charge in [0.1, 0.15) is 17.4 Å². The molecule has 3 heterocycles. The number of ether oxygens (including phenoxy) is 1. The van der Waals surface area contributed by atoms with Gasteiger partial charge in [-0.05, 0) is 34.9 Å². The molecule has 2 aliphatic heterocycles. The van der Waals surface area contributed by atoms with Crippen molar-refractivity contribution in [2.75, 3.05) is 53.1 Å². The molecule has 4 aromatic carbocycles. The number of rotatable bonds is 12. The highest BCUT2D eigenvalue weighted by atomic mass is 31.2. The molecule has 0 N–H and O–H groups in total. The summed E-state index contributed by atoms with van der Waals surface area (Å²) < 4.78 is 43.6. The molecule has 0 spiro atoms. The fourth-order valence-electron chi connectivity index (χ4n) is 6.99. The van der Waals surface area contributed by atoms with Gasteiger partial charge in [-0.3, -0.25) is 24.0 Å². The summed E-state index contributed by atoms with van der Waals surface area (Å²) in [5.41, 5.74) is 4.28. The van der Waals surface area contributed by atoms with Crippen LogP contribution >= 0.6 is 7.60 Å². The van der Waals surface area contributed by atoms with E-state index >= 15 is 0 Å². The van der Waals surface area contributed by atoms with E-state index < -0.39 is 13.7 Å². The molecule has 1 fully saturated rings. The SMILES string of the molecule is COP(=O)(CCN1CCN(C(=O)c2c3c(c(OC(c4ccccc4)c4ccccc4)c4ncccc24)C(=O)N(Cc2ccc(F)cc2)C3)CC1)OC. The summed E-state index contributed by atoms with van der Waals surface area (Å²) in [5, 5.41) is 0.598. The number of carbonyl (C=O) groups is 2. The zero-order valence-corrected chi connectivity index (χ0v) is 30.0. The number of piperazine rings is 1. The average Bonchev–Trinajstić information content (AvgIpc) is 3.51. The Kier molecular flexibility index (Phi) is 10.5. The Labute approximate surface area is 302 Å². The van der Waals surface area contributed by atoms with Crippen molar-refractivity contribution in [3.05, 3.63) is 142 Å². The van der Waals surface area contributed by atoms with Crippen molar-refractivity contribution >= 4 is 30.3 Å². The summed E-state index contributed by atoms with van der Waals surface area (Å²) in [6, 6.07) is 29.3. The topological polar surface area (TPSA) is 102 Å². The lowest BCUT2D eigenvalue weighted by atomic mass is 9.94. The molecule has 5 aromatic rings. The number of amides is 2. The van der Waals surface area contributed by atoms with Gasteiger partial charge in [0.2, 0.25) is 0 Å². The monoisotopic (exact) mass is 722 g/mol. The van der Waals surface area contributed by atoms with E-state index in [1.54, 1.807) is 34.2 Å². The lowest BCUT2D eigenvalue weighted by Gasteiger charge is -2.35.